The number of aryl methyl sites for hydroxylation is 1. The van der Waals surface area contributed by atoms with Crippen LogP contribution in [0.1, 0.15) is 24.0 Å². The Kier molecular flexibility index (Phi) is 4.37. The number of rotatable bonds is 3. The number of carbonyl (C=O) groups excluding carboxylic acids is 1. The first-order chi connectivity index (χ1) is 9.17. The molecule has 2 heterocycles. The smallest absolute Gasteiger partial charge is 0.222 e. The average molecular weight is 262 g/mol. The summed E-state index contributed by atoms with van der Waals surface area (Å²) in [6.07, 6.45) is 3.58. The minimum atomic E-state index is 0.132. The van der Waals surface area contributed by atoms with E-state index in [1.54, 1.807) is 7.05 Å². The number of piperidine rings is 1. The number of carbonyl (C=O) groups is 1. The molecule has 0 saturated carbocycles. The third-order valence-electron chi connectivity index (χ3n) is 3.88. The molecular formula is C14H22N4O. The van der Waals surface area contributed by atoms with Crippen LogP contribution in [0.4, 0.5) is 5.82 Å². The predicted molar refractivity (Wildman–Crippen MR) is 75.9 cm³/mol. The number of nitrogens with one attached hydrogen (secondary N) is 1. The molecule has 0 radical (unpaired) electrons. The van der Waals surface area contributed by atoms with E-state index in [0.717, 1.165) is 37.3 Å². The molecule has 5 heteroatoms. The van der Waals surface area contributed by atoms with E-state index in [1.165, 1.54) is 5.56 Å². The predicted octanol–water partition coefficient (Wildman–Crippen LogP) is 0.811. The maximum absolute atomic E-state index is 11.6. The van der Waals surface area contributed by atoms with E-state index in [9.17, 15) is 4.79 Å². The van der Waals surface area contributed by atoms with Gasteiger partial charge in [0.05, 0.1) is 0 Å². The van der Waals surface area contributed by atoms with E-state index < -0.39 is 0 Å². The van der Waals surface area contributed by atoms with Crippen molar-refractivity contribution >= 4 is 11.7 Å². The van der Waals surface area contributed by atoms with Crippen molar-refractivity contribution < 1.29 is 4.79 Å². The standard InChI is InChI=1S/C14H22N4O/c1-10-3-6-17-13(12(10)9-15)18-7-4-11(5-8-18)14(19)16-2/h3,6,11H,4-5,7-9,15H2,1-2H3,(H,16,19). The van der Waals surface area contributed by atoms with Crippen LogP contribution in [-0.2, 0) is 11.3 Å². The molecule has 0 aliphatic carbocycles. The second kappa shape index (κ2) is 6.02. The molecule has 1 aromatic rings. The molecule has 19 heavy (non-hydrogen) atoms. The first kappa shape index (κ1) is 13.8. The molecule has 0 atom stereocenters. The Balaban J connectivity index is 2.10. The summed E-state index contributed by atoms with van der Waals surface area (Å²) in [6.45, 7) is 4.29. The zero-order valence-electron chi connectivity index (χ0n) is 11.6. The normalized spacial score (nSPS) is 16.5. The molecule has 1 fully saturated rings. The first-order valence-electron chi connectivity index (χ1n) is 6.78. The van der Waals surface area contributed by atoms with Crippen molar-refractivity contribution in [1.82, 2.24) is 10.3 Å². The highest BCUT2D eigenvalue weighted by atomic mass is 16.1. The monoisotopic (exact) mass is 262 g/mol. The van der Waals surface area contributed by atoms with Crippen molar-refractivity contribution in [3.63, 3.8) is 0 Å². The lowest BCUT2D eigenvalue weighted by Crippen LogP contribution is -2.40. The van der Waals surface area contributed by atoms with Crippen LogP contribution in [0.5, 0.6) is 0 Å². The van der Waals surface area contributed by atoms with E-state index in [-0.39, 0.29) is 11.8 Å². The van der Waals surface area contributed by atoms with Gasteiger partial charge in [-0.25, -0.2) is 4.98 Å². The number of hydrogen-bond donors (Lipinski definition) is 2. The Hall–Kier alpha value is -1.62. The molecule has 104 valence electrons. The van der Waals surface area contributed by atoms with Gasteiger partial charge in [-0.15, -0.1) is 0 Å². The van der Waals surface area contributed by atoms with Crippen LogP contribution in [-0.4, -0.2) is 31.0 Å². The van der Waals surface area contributed by atoms with Gasteiger partial charge >= 0.3 is 0 Å². The second-order valence-electron chi connectivity index (χ2n) is 5.01. The Bertz CT molecular complexity index is 453. The molecule has 0 bridgehead atoms. The minimum absolute atomic E-state index is 0.132. The van der Waals surface area contributed by atoms with Crippen molar-refractivity contribution in [2.24, 2.45) is 11.7 Å². The number of nitrogens with two attached hydrogens (primary N) is 1. The van der Waals surface area contributed by atoms with E-state index >= 15 is 0 Å². The maximum atomic E-state index is 11.6. The van der Waals surface area contributed by atoms with Gasteiger partial charge in [0.2, 0.25) is 5.91 Å². The quantitative estimate of drug-likeness (QED) is 0.845. The van der Waals surface area contributed by atoms with Crippen LogP contribution < -0.4 is 16.0 Å². The second-order valence-corrected chi connectivity index (χ2v) is 5.01. The highest BCUT2D eigenvalue weighted by molar-refractivity contribution is 5.78. The first-order valence-corrected chi connectivity index (χ1v) is 6.78. The molecule has 1 aliphatic heterocycles. The van der Waals surface area contributed by atoms with Gasteiger partial charge in [0.15, 0.2) is 0 Å². The Morgan fingerprint density at radius 3 is 2.79 bits per heavy atom. The zero-order valence-corrected chi connectivity index (χ0v) is 11.6. The lowest BCUT2D eigenvalue weighted by molar-refractivity contribution is -0.125. The zero-order chi connectivity index (χ0) is 13.8. The summed E-state index contributed by atoms with van der Waals surface area (Å²) in [4.78, 5) is 18.3. The van der Waals surface area contributed by atoms with Crippen molar-refractivity contribution in [3.05, 3.63) is 23.4 Å². The van der Waals surface area contributed by atoms with E-state index in [1.807, 2.05) is 12.3 Å². The van der Waals surface area contributed by atoms with Gasteiger partial charge in [-0.2, -0.15) is 0 Å². The van der Waals surface area contributed by atoms with Gasteiger partial charge in [0.1, 0.15) is 5.82 Å². The third-order valence-corrected chi connectivity index (χ3v) is 3.88. The Morgan fingerprint density at radius 1 is 1.53 bits per heavy atom. The summed E-state index contributed by atoms with van der Waals surface area (Å²) in [6, 6.07) is 1.99. The number of nitrogens with zero attached hydrogens (tertiary/aromatic N) is 2. The van der Waals surface area contributed by atoms with Crippen LogP contribution in [0.2, 0.25) is 0 Å². The summed E-state index contributed by atoms with van der Waals surface area (Å²) in [7, 11) is 1.70. The van der Waals surface area contributed by atoms with Crippen LogP contribution in [0, 0.1) is 12.8 Å². The van der Waals surface area contributed by atoms with E-state index in [4.69, 9.17) is 5.73 Å². The Morgan fingerprint density at radius 2 is 2.21 bits per heavy atom. The third kappa shape index (κ3) is 2.87. The van der Waals surface area contributed by atoms with Gasteiger partial charge in [-0.1, -0.05) is 0 Å². The lowest BCUT2D eigenvalue weighted by atomic mass is 9.95. The van der Waals surface area contributed by atoms with Gasteiger partial charge in [-0.3, -0.25) is 4.79 Å². The molecule has 0 unspecified atom stereocenters. The lowest BCUT2D eigenvalue weighted by Gasteiger charge is -2.33. The van der Waals surface area contributed by atoms with Gasteiger partial charge in [0.25, 0.3) is 0 Å². The average Bonchev–Trinajstić information content (AvgIpc) is 2.46. The molecule has 0 aromatic carbocycles. The van der Waals surface area contributed by atoms with Crippen LogP contribution in [0.15, 0.2) is 12.3 Å². The molecule has 0 spiro atoms. The summed E-state index contributed by atoms with van der Waals surface area (Å²) in [5, 5.41) is 2.73. The van der Waals surface area contributed by atoms with E-state index in [2.05, 4.69) is 22.1 Å². The largest absolute Gasteiger partial charge is 0.359 e. The number of hydrogen-bond acceptors (Lipinski definition) is 4. The molecule has 5 nitrogen and oxygen atoms in total. The van der Waals surface area contributed by atoms with Gasteiger partial charge < -0.3 is 16.0 Å². The van der Waals surface area contributed by atoms with E-state index in [0.29, 0.717) is 6.54 Å². The fourth-order valence-corrected chi connectivity index (χ4v) is 2.66. The minimum Gasteiger partial charge on any atom is -0.359 e. The van der Waals surface area contributed by atoms with Gasteiger partial charge in [-0.05, 0) is 31.4 Å². The molecular weight excluding hydrogens is 240 g/mol. The topological polar surface area (TPSA) is 71.2 Å². The number of aromatic nitrogens is 1. The fraction of sp³-hybridized carbons (Fsp3) is 0.571. The summed E-state index contributed by atoms with van der Waals surface area (Å²) in [5.74, 6) is 1.26. The summed E-state index contributed by atoms with van der Waals surface area (Å²) < 4.78 is 0. The molecule has 1 aliphatic rings. The summed E-state index contributed by atoms with van der Waals surface area (Å²) >= 11 is 0. The van der Waals surface area contributed by atoms with Crippen LogP contribution >= 0.6 is 0 Å². The molecule has 1 amide bonds. The summed E-state index contributed by atoms with van der Waals surface area (Å²) in [5.41, 5.74) is 8.12. The number of pyridine rings is 1. The Labute approximate surface area is 114 Å². The van der Waals surface area contributed by atoms with Crippen molar-refractivity contribution in [2.75, 3.05) is 25.0 Å². The van der Waals surface area contributed by atoms with Crippen molar-refractivity contribution in [3.8, 4) is 0 Å². The van der Waals surface area contributed by atoms with Crippen molar-refractivity contribution in [2.45, 2.75) is 26.3 Å². The fourth-order valence-electron chi connectivity index (χ4n) is 2.66. The highest BCUT2D eigenvalue weighted by Gasteiger charge is 2.25. The molecule has 3 N–H and O–H groups in total. The maximum Gasteiger partial charge on any atom is 0.222 e. The SMILES string of the molecule is CNC(=O)C1CCN(c2nccc(C)c2CN)CC1. The van der Waals surface area contributed by atoms with Crippen LogP contribution in [0.25, 0.3) is 0 Å². The number of anilines is 1. The molecule has 2 rings (SSSR count). The van der Waals surface area contributed by atoms with Gasteiger partial charge in [0, 0.05) is 44.4 Å². The molecule has 1 aromatic heterocycles. The molecule has 1 saturated heterocycles. The number of amides is 1. The van der Waals surface area contributed by atoms with Crippen molar-refractivity contribution in [1.29, 1.82) is 0 Å². The highest BCUT2D eigenvalue weighted by Crippen LogP contribution is 2.26. The van der Waals surface area contributed by atoms with Crippen LogP contribution in [0.3, 0.4) is 0 Å².